The quantitative estimate of drug-likeness (QED) is 0.608. The van der Waals surface area contributed by atoms with Crippen molar-refractivity contribution in [2.24, 2.45) is 5.73 Å². The van der Waals surface area contributed by atoms with Crippen molar-refractivity contribution in [1.29, 1.82) is 0 Å². The summed E-state index contributed by atoms with van der Waals surface area (Å²) in [6.07, 6.45) is 1.80. The lowest BCUT2D eigenvalue weighted by atomic mass is 10.1. The Hall–Kier alpha value is -1.84. The van der Waals surface area contributed by atoms with Crippen LogP contribution in [0.3, 0.4) is 0 Å². The van der Waals surface area contributed by atoms with Crippen LogP contribution in [-0.4, -0.2) is 18.5 Å². The van der Waals surface area contributed by atoms with Crippen molar-refractivity contribution in [3.63, 3.8) is 0 Å². The number of benzene rings is 1. The minimum absolute atomic E-state index is 0.310. The number of amides is 1. The second kappa shape index (κ2) is 5.90. The summed E-state index contributed by atoms with van der Waals surface area (Å²) < 4.78 is 5.01. The molecule has 4 nitrogen and oxygen atoms in total. The van der Waals surface area contributed by atoms with Gasteiger partial charge >= 0.3 is 5.97 Å². The van der Waals surface area contributed by atoms with Crippen LogP contribution in [-0.2, 0) is 4.74 Å². The molecule has 0 fully saturated rings. The molecule has 0 bridgehead atoms. The third-order valence-electron chi connectivity index (χ3n) is 2.11. The van der Waals surface area contributed by atoms with Gasteiger partial charge in [0.1, 0.15) is 0 Å². The summed E-state index contributed by atoms with van der Waals surface area (Å²) in [5.74, 6) is -0.972. The Labute approximate surface area is 94.4 Å². The predicted molar refractivity (Wildman–Crippen MR) is 60.2 cm³/mol. The Morgan fingerprint density at radius 3 is 2.62 bits per heavy atom. The van der Waals surface area contributed by atoms with Crippen molar-refractivity contribution in [1.82, 2.24) is 0 Å². The molecule has 0 saturated carbocycles. The van der Waals surface area contributed by atoms with Gasteiger partial charge in [0.2, 0.25) is 5.91 Å². The lowest BCUT2D eigenvalue weighted by Gasteiger charge is -2.04. The Morgan fingerprint density at radius 2 is 2.00 bits per heavy atom. The van der Waals surface area contributed by atoms with E-state index in [1.54, 1.807) is 18.2 Å². The van der Waals surface area contributed by atoms with Crippen molar-refractivity contribution < 1.29 is 14.3 Å². The van der Waals surface area contributed by atoms with E-state index in [0.29, 0.717) is 17.7 Å². The van der Waals surface area contributed by atoms with E-state index in [1.807, 2.05) is 6.92 Å². The first-order valence-electron chi connectivity index (χ1n) is 5.22. The van der Waals surface area contributed by atoms with E-state index in [1.165, 1.54) is 6.07 Å². The molecule has 0 saturated heterocycles. The summed E-state index contributed by atoms with van der Waals surface area (Å²) in [6, 6.07) is 6.21. The van der Waals surface area contributed by atoms with Crippen LogP contribution in [0.25, 0.3) is 0 Å². The van der Waals surface area contributed by atoms with E-state index in [-0.39, 0.29) is 0 Å². The van der Waals surface area contributed by atoms with Crippen LogP contribution < -0.4 is 5.73 Å². The highest BCUT2D eigenvalue weighted by Gasteiger charge is 2.09. The summed E-state index contributed by atoms with van der Waals surface area (Å²) >= 11 is 0. The summed E-state index contributed by atoms with van der Waals surface area (Å²) in [5, 5.41) is 0. The highest BCUT2D eigenvalue weighted by molar-refractivity contribution is 5.97. The maximum Gasteiger partial charge on any atom is 0.338 e. The molecule has 16 heavy (non-hydrogen) atoms. The van der Waals surface area contributed by atoms with Gasteiger partial charge in [0.25, 0.3) is 0 Å². The monoisotopic (exact) mass is 221 g/mol. The smallest absolute Gasteiger partial charge is 0.338 e. The molecule has 0 aliphatic heterocycles. The number of carbonyl (C=O) groups is 2. The maximum absolute atomic E-state index is 11.5. The molecule has 86 valence electrons. The van der Waals surface area contributed by atoms with Crippen molar-refractivity contribution in [3.05, 3.63) is 35.4 Å². The molecule has 1 aromatic carbocycles. The molecule has 0 spiro atoms. The molecule has 0 radical (unpaired) electrons. The van der Waals surface area contributed by atoms with Gasteiger partial charge < -0.3 is 10.5 Å². The number of carbonyl (C=O) groups excluding carboxylic acids is 2. The van der Waals surface area contributed by atoms with E-state index in [0.717, 1.165) is 12.8 Å². The topological polar surface area (TPSA) is 69.4 Å². The molecule has 0 unspecified atom stereocenters. The Morgan fingerprint density at radius 1 is 1.31 bits per heavy atom. The molecule has 0 aliphatic carbocycles. The second-order valence-corrected chi connectivity index (χ2v) is 3.43. The molecule has 4 heteroatoms. The fourth-order valence-electron chi connectivity index (χ4n) is 1.19. The van der Waals surface area contributed by atoms with Gasteiger partial charge in [0, 0.05) is 5.56 Å². The second-order valence-electron chi connectivity index (χ2n) is 3.43. The van der Waals surface area contributed by atoms with Gasteiger partial charge in [-0.05, 0) is 24.6 Å². The first-order valence-corrected chi connectivity index (χ1v) is 5.22. The molecule has 1 amide bonds. The normalized spacial score (nSPS) is 9.81. The maximum atomic E-state index is 11.5. The number of hydrogen-bond donors (Lipinski definition) is 1. The average molecular weight is 221 g/mol. The molecular formula is C12H15NO3. The molecule has 0 aromatic heterocycles. The highest BCUT2D eigenvalue weighted by atomic mass is 16.5. The highest BCUT2D eigenvalue weighted by Crippen LogP contribution is 2.06. The minimum atomic E-state index is -0.553. The number of esters is 1. The average Bonchev–Trinajstić information content (AvgIpc) is 2.29. The van der Waals surface area contributed by atoms with Crippen LogP contribution >= 0.6 is 0 Å². The van der Waals surface area contributed by atoms with Gasteiger partial charge in [0.05, 0.1) is 12.2 Å². The third-order valence-corrected chi connectivity index (χ3v) is 2.11. The largest absolute Gasteiger partial charge is 0.462 e. The van der Waals surface area contributed by atoms with Gasteiger partial charge in [-0.15, -0.1) is 0 Å². The van der Waals surface area contributed by atoms with E-state index < -0.39 is 11.9 Å². The Balaban J connectivity index is 2.68. The van der Waals surface area contributed by atoms with E-state index in [2.05, 4.69) is 0 Å². The van der Waals surface area contributed by atoms with Crippen LogP contribution in [0.15, 0.2) is 24.3 Å². The number of hydrogen-bond acceptors (Lipinski definition) is 3. The molecular weight excluding hydrogens is 206 g/mol. The Bertz CT molecular complexity index is 388. The first-order chi connectivity index (χ1) is 7.65. The van der Waals surface area contributed by atoms with Crippen molar-refractivity contribution in [3.8, 4) is 0 Å². The van der Waals surface area contributed by atoms with Gasteiger partial charge in [-0.2, -0.15) is 0 Å². The fourth-order valence-corrected chi connectivity index (χ4v) is 1.19. The minimum Gasteiger partial charge on any atom is -0.462 e. The molecule has 0 heterocycles. The zero-order valence-corrected chi connectivity index (χ0v) is 9.23. The van der Waals surface area contributed by atoms with Crippen LogP contribution in [0.4, 0.5) is 0 Å². The summed E-state index contributed by atoms with van der Waals surface area (Å²) in [7, 11) is 0. The van der Waals surface area contributed by atoms with Crippen LogP contribution in [0, 0.1) is 0 Å². The Kier molecular flexibility index (Phi) is 4.51. The van der Waals surface area contributed by atoms with Gasteiger partial charge in [-0.3, -0.25) is 4.79 Å². The van der Waals surface area contributed by atoms with Crippen molar-refractivity contribution in [2.45, 2.75) is 19.8 Å². The lowest BCUT2D eigenvalue weighted by molar-refractivity contribution is 0.0499. The summed E-state index contributed by atoms with van der Waals surface area (Å²) in [4.78, 5) is 22.4. The zero-order valence-electron chi connectivity index (χ0n) is 9.23. The number of nitrogens with two attached hydrogens (primary N) is 1. The lowest BCUT2D eigenvalue weighted by Crippen LogP contribution is -2.13. The summed E-state index contributed by atoms with van der Waals surface area (Å²) in [5.41, 5.74) is 5.78. The van der Waals surface area contributed by atoms with Gasteiger partial charge in [-0.25, -0.2) is 4.79 Å². The number of primary amides is 1. The van der Waals surface area contributed by atoms with Crippen LogP contribution in [0.2, 0.25) is 0 Å². The van der Waals surface area contributed by atoms with Crippen molar-refractivity contribution >= 4 is 11.9 Å². The predicted octanol–water partition coefficient (Wildman–Crippen LogP) is 1.74. The van der Waals surface area contributed by atoms with Gasteiger partial charge in [0.15, 0.2) is 0 Å². The van der Waals surface area contributed by atoms with E-state index in [9.17, 15) is 9.59 Å². The summed E-state index contributed by atoms with van der Waals surface area (Å²) in [6.45, 7) is 2.41. The third kappa shape index (κ3) is 3.38. The van der Waals surface area contributed by atoms with Crippen LogP contribution in [0.5, 0.6) is 0 Å². The standard InChI is InChI=1S/C12H15NO3/c1-2-3-7-16-12(15)10-6-4-5-9(8-10)11(13)14/h4-6,8H,2-3,7H2,1H3,(H2,13,14). The van der Waals surface area contributed by atoms with Gasteiger partial charge in [-0.1, -0.05) is 19.4 Å². The molecule has 0 aliphatic rings. The zero-order chi connectivity index (χ0) is 12.0. The number of ether oxygens (including phenoxy) is 1. The molecule has 1 rings (SSSR count). The van der Waals surface area contributed by atoms with Crippen LogP contribution in [0.1, 0.15) is 40.5 Å². The van der Waals surface area contributed by atoms with Crippen molar-refractivity contribution in [2.75, 3.05) is 6.61 Å². The SMILES string of the molecule is CCCCOC(=O)c1cccc(C(N)=O)c1. The fraction of sp³-hybridized carbons (Fsp3) is 0.333. The van der Waals surface area contributed by atoms with E-state index in [4.69, 9.17) is 10.5 Å². The molecule has 0 atom stereocenters. The molecule has 2 N–H and O–H groups in total. The number of unbranched alkanes of at least 4 members (excludes halogenated alkanes) is 1. The van der Waals surface area contributed by atoms with E-state index >= 15 is 0 Å². The first kappa shape index (κ1) is 12.2. The number of rotatable bonds is 5. The molecule has 1 aromatic rings.